The number of benzene rings is 3. The lowest BCUT2D eigenvalue weighted by atomic mass is 9.75. The number of halogens is 2. The number of aromatic nitrogens is 1. The molecule has 8 nitrogen and oxygen atoms in total. The summed E-state index contributed by atoms with van der Waals surface area (Å²) in [6, 6.07) is 17.2. The number of aliphatic carboxylic acids is 1. The average Bonchev–Trinajstić information content (AvgIpc) is 3.40. The van der Waals surface area contributed by atoms with E-state index in [4.69, 9.17) is 4.74 Å². The first-order valence-corrected chi connectivity index (χ1v) is 11.9. The topological polar surface area (TPSA) is 123 Å². The van der Waals surface area contributed by atoms with Gasteiger partial charge in [-0.2, -0.15) is 0 Å². The molecule has 1 spiro atoms. The number of hydrogen-bond donors (Lipinski definition) is 2. The third-order valence-corrected chi connectivity index (χ3v) is 7.25. The lowest BCUT2D eigenvalue weighted by molar-refractivity contribution is -0.147. The van der Waals surface area contributed by atoms with Crippen LogP contribution in [0.1, 0.15) is 32.4 Å². The van der Waals surface area contributed by atoms with Gasteiger partial charge in [-0.1, -0.05) is 54.6 Å². The number of nitrogens with one attached hydrogen (secondary N) is 1. The fraction of sp³-hybridized carbons (Fsp3) is 0.138. The molecule has 3 unspecified atom stereocenters. The van der Waals surface area contributed by atoms with Crippen molar-refractivity contribution in [3.63, 3.8) is 0 Å². The maximum Gasteiger partial charge on any atom is 0.311 e. The van der Waals surface area contributed by atoms with E-state index in [-0.39, 0.29) is 22.5 Å². The van der Waals surface area contributed by atoms with Crippen LogP contribution in [-0.2, 0) is 14.3 Å². The second kappa shape index (κ2) is 8.88. The normalized spacial score (nSPS) is 21.3. The van der Waals surface area contributed by atoms with Crippen LogP contribution in [0.3, 0.4) is 0 Å². The standard InChI is InChI=1S/C29H18F2N2O6/c30-19-10-9-15(11-20(19)31)24-22(27(36)33-21-12-14-5-1-2-6-16(14)13-32-21)23(28(37)38)29(39-24)25(34)17-7-3-4-8-18(17)26(29)35/h1-13,22-24H,(H,37,38)(H,32,33,36). The smallest absolute Gasteiger partial charge is 0.311 e. The number of rotatable bonds is 4. The van der Waals surface area contributed by atoms with Gasteiger partial charge >= 0.3 is 5.97 Å². The second-order valence-corrected chi connectivity index (χ2v) is 9.40. The monoisotopic (exact) mass is 528 g/mol. The Balaban J connectivity index is 1.48. The molecule has 1 aromatic heterocycles. The summed E-state index contributed by atoms with van der Waals surface area (Å²) in [6.07, 6.45) is -0.0661. The molecule has 39 heavy (non-hydrogen) atoms. The molecule has 1 saturated heterocycles. The molecule has 6 rings (SSSR count). The minimum Gasteiger partial charge on any atom is -0.481 e. The van der Waals surface area contributed by atoms with E-state index in [0.29, 0.717) is 0 Å². The van der Waals surface area contributed by atoms with E-state index in [1.54, 1.807) is 18.2 Å². The summed E-state index contributed by atoms with van der Waals surface area (Å²) in [5, 5.41) is 14.4. The quantitative estimate of drug-likeness (QED) is 0.378. The number of nitrogens with zero attached hydrogens (tertiary/aromatic N) is 1. The van der Waals surface area contributed by atoms with Crippen molar-refractivity contribution < 1.29 is 37.8 Å². The molecule has 1 fully saturated rings. The molecule has 3 atom stereocenters. The van der Waals surface area contributed by atoms with Gasteiger partial charge in [0.1, 0.15) is 11.7 Å². The average molecular weight is 528 g/mol. The highest BCUT2D eigenvalue weighted by Gasteiger charge is 2.71. The van der Waals surface area contributed by atoms with Gasteiger partial charge in [-0.05, 0) is 29.1 Å². The van der Waals surface area contributed by atoms with Crippen LogP contribution in [-0.4, -0.2) is 39.1 Å². The number of ketones is 2. The van der Waals surface area contributed by atoms with Crippen molar-refractivity contribution in [3.8, 4) is 0 Å². The van der Waals surface area contributed by atoms with Gasteiger partial charge in [0.25, 0.3) is 0 Å². The Kier molecular flexibility index (Phi) is 5.58. The van der Waals surface area contributed by atoms with Gasteiger partial charge in [0.15, 0.2) is 11.6 Å². The van der Waals surface area contributed by atoms with Crippen molar-refractivity contribution in [2.24, 2.45) is 11.8 Å². The first-order valence-electron chi connectivity index (χ1n) is 11.9. The summed E-state index contributed by atoms with van der Waals surface area (Å²) in [4.78, 5) is 57.9. The van der Waals surface area contributed by atoms with Crippen LogP contribution in [0.2, 0.25) is 0 Å². The largest absolute Gasteiger partial charge is 0.481 e. The van der Waals surface area contributed by atoms with Crippen LogP contribution in [0.4, 0.5) is 14.6 Å². The summed E-state index contributed by atoms with van der Waals surface area (Å²) < 4.78 is 34.0. The predicted octanol–water partition coefficient (Wildman–Crippen LogP) is 4.36. The van der Waals surface area contributed by atoms with E-state index in [0.717, 1.165) is 29.0 Å². The maximum absolute atomic E-state index is 14.3. The van der Waals surface area contributed by atoms with Crippen LogP contribution in [0, 0.1) is 23.5 Å². The molecule has 2 N–H and O–H groups in total. The van der Waals surface area contributed by atoms with Crippen molar-refractivity contribution >= 4 is 40.0 Å². The van der Waals surface area contributed by atoms with Gasteiger partial charge in [0.2, 0.25) is 23.1 Å². The molecule has 10 heteroatoms. The Morgan fingerprint density at radius 1 is 0.872 bits per heavy atom. The Hall–Kier alpha value is -4.83. The highest BCUT2D eigenvalue weighted by Crippen LogP contribution is 2.54. The molecule has 0 radical (unpaired) electrons. The van der Waals surface area contributed by atoms with E-state index < -0.39 is 58.6 Å². The van der Waals surface area contributed by atoms with Crippen LogP contribution in [0.25, 0.3) is 10.8 Å². The Morgan fingerprint density at radius 3 is 2.15 bits per heavy atom. The SMILES string of the molecule is O=C(Nc1cc2ccccc2cn1)C1C(c2ccc(F)c(F)c2)OC2(C(=O)c3ccccc3C2=O)C1C(=O)O. The number of pyridine rings is 1. The van der Waals surface area contributed by atoms with E-state index in [9.17, 15) is 33.1 Å². The van der Waals surface area contributed by atoms with Crippen molar-refractivity contribution in [2.45, 2.75) is 11.7 Å². The van der Waals surface area contributed by atoms with E-state index in [1.807, 2.05) is 12.1 Å². The van der Waals surface area contributed by atoms with Crippen LogP contribution < -0.4 is 5.32 Å². The number of fused-ring (bicyclic) bond motifs is 2. The molecular weight excluding hydrogens is 510 g/mol. The minimum atomic E-state index is -2.58. The number of carbonyl (C=O) groups is 4. The highest BCUT2D eigenvalue weighted by molar-refractivity contribution is 6.34. The molecule has 0 saturated carbocycles. The molecule has 194 valence electrons. The van der Waals surface area contributed by atoms with Gasteiger partial charge in [-0.3, -0.25) is 19.2 Å². The minimum absolute atomic E-state index is 0.0463. The summed E-state index contributed by atoms with van der Waals surface area (Å²) in [5.41, 5.74) is -2.78. The van der Waals surface area contributed by atoms with Gasteiger partial charge in [0.05, 0.1) is 12.0 Å². The summed E-state index contributed by atoms with van der Waals surface area (Å²) >= 11 is 0. The number of carboxylic acids is 1. The zero-order valence-electron chi connectivity index (χ0n) is 19.9. The van der Waals surface area contributed by atoms with Crippen molar-refractivity contribution in [3.05, 3.63) is 107 Å². The molecule has 1 aliphatic heterocycles. The number of hydrogen-bond acceptors (Lipinski definition) is 6. The van der Waals surface area contributed by atoms with E-state index in [1.165, 1.54) is 30.5 Å². The van der Waals surface area contributed by atoms with Crippen LogP contribution in [0.5, 0.6) is 0 Å². The number of carboxylic acid groups (broad SMARTS) is 1. The van der Waals surface area contributed by atoms with Gasteiger partial charge in [-0.15, -0.1) is 0 Å². The zero-order chi connectivity index (χ0) is 27.5. The second-order valence-electron chi connectivity index (χ2n) is 9.40. The maximum atomic E-state index is 14.3. The van der Waals surface area contributed by atoms with Crippen LogP contribution in [0.15, 0.2) is 79.0 Å². The fourth-order valence-electron chi connectivity index (χ4n) is 5.49. The molecule has 1 aliphatic carbocycles. The number of ether oxygens (including phenoxy) is 1. The summed E-state index contributed by atoms with van der Waals surface area (Å²) in [6.45, 7) is 0. The van der Waals surface area contributed by atoms with Crippen molar-refractivity contribution in [2.75, 3.05) is 5.32 Å². The number of carbonyl (C=O) groups excluding carboxylic acids is 3. The Bertz CT molecular complexity index is 1690. The Labute approximate surface area is 219 Å². The molecule has 1 amide bonds. The molecule has 4 aromatic rings. The Morgan fingerprint density at radius 2 is 1.51 bits per heavy atom. The summed E-state index contributed by atoms with van der Waals surface area (Å²) in [7, 11) is 0. The summed E-state index contributed by atoms with van der Waals surface area (Å²) in [5.74, 6) is -10.4. The third-order valence-electron chi connectivity index (χ3n) is 7.25. The molecule has 2 aliphatic rings. The van der Waals surface area contributed by atoms with Crippen LogP contribution >= 0.6 is 0 Å². The fourth-order valence-corrected chi connectivity index (χ4v) is 5.49. The lowest BCUT2D eigenvalue weighted by Gasteiger charge is -2.25. The number of Topliss-reactive ketones (excluding diaryl/α,β-unsaturated/α-hetero) is 2. The van der Waals surface area contributed by atoms with Gasteiger partial charge < -0.3 is 15.2 Å². The predicted molar refractivity (Wildman–Crippen MR) is 133 cm³/mol. The number of anilines is 1. The van der Waals surface area contributed by atoms with E-state index >= 15 is 0 Å². The molecule has 0 bridgehead atoms. The third kappa shape index (κ3) is 3.63. The first-order chi connectivity index (χ1) is 18.7. The zero-order valence-corrected chi connectivity index (χ0v) is 19.9. The van der Waals surface area contributed by atoms with Crippen molar-refractivity contribution in [1.82, 2.24) is 4.98 Å². The first kappa shape index (κ1) is 24.5. The molecular formula is C29H18F2N2O6. The molecule has 3 aromatic carbocycles. The lowest BCUT2D eigenvalue weighted by Crippen LogP contribution is -2.52. The van der Waals surface area contributed by atoms with E-state index in [2.05, 4.69) is 10.3 Å². The highest BCUT2D eigenvalue weighted by atomic mass is 19.2. The van der Waals surface area contributed by atoms with Gasteiger partial charge in [-0.25, -0.2) is 13.8 Å². The molecule has 2 heterocycles. The van der Waals surface area contributed by atoms with Crippen molar-refractivity contribution in [1.29, 1.82) is 0 Å². The van der Waals surface area contributed by atoms with Gasteiger partial charge in [0, 0.05) is 22.7 Å². The number of amides is 1.